The van der Waals surface area contributed by atoms with Crippen molar-refractivity contribution < 1.29 is 29.0 Å². The van der Waals surface area contributed by atoms with Gasteiger partial charge in [-0.25, -0.2) is 4.98 Å². The number of ketones is 1. The number of thiophene rings is 1. The molecule has 2 unspecified atom stereocenters. The molecule has 2 heterocycles. The number of primary amides is 1. The van der Waals surface area contributed by atoms with E-state index in [2.05, 4.69) is 4.98 Å². The number of nitrogens with two attached hydrogens (primary N) is 2. The number of unbranched alkanes of at least 4 members (excludes halogenated alkanes) is 1. The average Bonchev–Trinajstić information content (AvgIpc) is 3.55. The van der Waals surface area contributed by atoms with Crippen molar-refractivity contribution in [1.29, 1.82) is 0 Å². The number of nitrogens with zero attached hydrogens (tertiary/aromatic N) is 2. The summed E-state index contributed by atoms with van der Waals surface area (Å²) < 4.78 is 13.7. The van der Waals surface area contributed by atoms with Gasteiger partial charge in [0.2, 0.25) is 11.9 Å². The number of ether oxygens (including phenoxy) is 2. The fourth-order valence-electron chi connectivity index (χ4n) is 4.96. The van der Waals surface area contributed by atoms with Crippen molar-refractivity contribution in [1.82, 2.24) is 9.55 Å². The summed E-state index contributed by atoms with van der Waals surface area (Å²) in [6.45, 7) is 0.602. The van der Waals surface area contributed by atoms with E-state index < -0.39 is 23.7 Å². The normalized spacial score (nSPS) is 16.6. The molecule has 0 spiro atoms. The van der Waals surface area contributed by atoms with Gasteiger partial charge in [0.1, 0.15) is 0 Å². The van der Waals surface area contributed by atoms with Crippen LogP contribution in [-0.4, -0.2) is 46.5 Å². The van der Waals surface area contributed by atoms with E-state index >= 15 is 0 Å². The Hall–Kier alpha value is -4.12. The standard InChI is InChI=1S/C27H28N4O6S/c1-36-20-11-15-14(24(38-22(15)12-21(20)37-2)23(32)16-10-17(16)26(34)35)5-3-4-8-31-19-7-6-13(25(28)33)9-18(19)30-27(31)29/h6-7,9,11-12,16-17H,3-5,8,10H2,1-2H3,(H2,28,33)(H2,29,30)(H,34,35). The van der Waals surface area contributed by atoms with Crippen LogP contribution >= 0.6 is 11.3 Å². The molecule has 2 atom stereocenters. The van der Waals surface area contributed by atoms with Crippen molar-refractivity contribution in [2.75, 3.05) is 20.0 Å². The molecule has 0 aliphatic heterocycles. The number of carboxylic acid groups (broad SMARTS) is 1. The van der Waals surface area contributed by atoms with Crippen LogP contribution in [0, 0.1) is 11.8 Å². The molecule has 4 aromatic rings. The van der Waals surface area contributed by atoms with Crippen LogP contribution in [0.2, 0.25) is 0 Å². The number of fused-ring (bicyclic) bond motifs is 2. The SMILES string of the molecule is COc1cc2sc(C(=O)C3CC3C(=O)O)c(CCCCn3c(N)nc4cc(C(N)=O)ccc43)c2cc1OC. The lowest BCUT2D eigenvalue weighted by molar-refractivity contribution is -0.138. The first kappa shape index (κ1) is 25.5. The number of aromatic nitrogens is 2. The number of Topliss-reactive ketones (excluding diaryl/α,β-unsaturated/α-hetero) is 1. The fourth-order valence-corrected chi connectivity index (χ4v) is 6.22. The molecule has 38 heavy (non-hydrogen) atoms. The molecule has 11 heteroatoms. The molecular weight excluding hydrogens is 508 g/mol. The number of rotatable bonds is 11. The lowest BCUT2D eigenvalue weighted by atomic mass is 10.0. The molecule has 0 bridgehead atoms. The van der Waals surface area contributed by atoms with Crippen LogP contribution in [0.15, 0.2) is 30.3 Å². The number of amides is 1. The van der Waals surface area contributed by atoms with Gasteiger partial charge in [-0.2, -0.15) is 0 Å². The summed E-state index contributed by atoms with van der Waals surface area (Å²) in [5.41, 5.74) is 14.2. The van der Waals surface area contributed by atoms with Gasteiger partial charge in [0.15, 0.2) is 17.3 Å². The average molecular weight is 537 g/mol. The fraction of sp³-hybridized carbons (Fsp3) is 0.333. The van der Waals surface area contributed by atoms with E-state index in [0.29, 0.717) is 52.8 Å². The van der Waals surface area contributed by atoms with Crippen molar-refractivity contribution in [2.24, 2.45) is 17.6 Å². The summed E-state index contributed by atoms with van der Waals surface area (Å²) >= 11 is 1.38. The van der Waals surface area contributed by atoms with Gasteiger partial charge in [0.25, 0.3) is 0 Å². The van der Waals surface area contributed by atoms with Gasteiger partial charge in [-0.15, -0.1) is 11.3 Å². The number of nitrogen functional groups attached to an aromatic ring is 1. The second kappa shape index (κ2) is 9.97. The number of anilines is 1. The van der Waals surface area contributed by atoms with Crippen molar-refractivity contribution in [3.05, 3.63) is 46.3 Å². The summed E-state index contributed by atoms with van der Waals surface area (Å²) in [6.07, 6.45) is 2.51. The number of methoxy groups -OCH3 is 2. The number of benzene rings is 2. The van der Waals surface area contributed by atoms with Gasteiger partial charge in [-0.1, -0.05) is 0 Å². The van der Waals surface area contributed by atoms with E-state index in [1.54, 1.807) is 32.4 Å². The molecule has 2 aromatic carbocycles. The second-order valence-electron chi connectivity index (χ2n) is 9.41. The van der Waals surface area contributed by atoms with Gasteiger partial charge in [-0.05, 0) is 55.5 Å². The summed E-state index contributed by atoms with van der Waals surface area (Å²) in [7, 11) is 3.13. The summed E-state index contributed by atoms with van der Waals surface area (Å²) in [5, 5.41) is 10.3. The monoisotopic (exact) mass is 536 g/mol. The summed E-state index contributed by atoms with van der Waals surface area (Å²) in [5.74, 6) is -1.16. The Morgan fingerprint density at radius 3 is 2.50 bits per heavy atom. The predicted octanol–water partition coefficient (Wildman–Crippen LogP) is 3.88. The largest absolute Gasteiger partial charge is 0.493 e. The van der Waals surface area contributed by atoms with Gasteiger partial charge in [-0.3, -0.25) is 14.4 Å². The minimum Gasteiger partial charge on any atom is -0.493 e. The van der Waals surface area contributed by atoms with Crippen LogP contribution < -0.4 is 20.9 Å². The number of hydrogen-bond acceptors (Lipinski definition) is 8. The molecule has 198 valence electrons. The number of imidazole rings is 1. The lowest BCUT2D eigenvalue weighted by Crippen LogP contribution is -2.10. The maximum Gasteiger partial charge on any atom is 0.307 e. The number of aryl methyl sites for hydroxylation is 2. The molecule has 0 saturated heterocycles. The van der Waals surface area contributed by atoms with Crippen LogP contribution in [0.25, 0.3) is 21.1 Å². The predicted molar refractivity (Wildman–Crippen MR) is 144 cm³/mol. The molecule has 1 saturated carbocycles. The van der Waals surface area contributed by atoms with Crippen LogP contribution in [0.1, 0.15) is 44.9 Å². The molecule has 1 fully saturated rings. The van der Waals surface area contributed by atoms with E-state index in [1.165, 1.54) is 11.3 Å². The molecule has 2 aromatic heterocycles. The van der Waals surface area contributed by atoms with Gasteiger partial charge in [0.05, 0.1) is 36.0 Å². The van der Waals surface area contributed by atoms with Gasteiger partial charge in [0, 0.05) is 34.2 Å². The highest BCUT2D eigenvalue weighted by Gasteiger charge is 2.49. The molecule has 10 nitrogen and oxygen atoms in total. The summed E-state index contributed by atoms with van der Waals surface area (Å²) in [4.78, 5) is 41.2. The van der Waals surface area contributed by atoms with E-state index in [-0.39, 0.29) is 5.78 Å². The molecule has 5 N–H and O–H groups in total. The highest BCUT2D eigenvalue weighted by Crippen LogP contribution is 2.46. The van der Waals surface area contributed by atoms with Crippen LogP contribution in [0.4, 0.5) is 5.95 Å². The Kier molecular flexibility index (Phi) is 6.70. The maximum atomic E-state index is 13.3. The van der Waals surface area contributed by atoms with E-state index in [1.807, 2.05) is 16.7 Å². The van der Waals surface area contributed by atoms with E-state index in [9.17, 15) is 19.5 Å². The Morgan fingerprint density at radius 2 is 1.84 bits per heavy atom. The molecular formula is C27H28N4O6S. The minimum atomic E-state index is -0.928. The maximum absolute atomic E-state index is 13.3. The zero-order chi connectivity index (χ0) is 27.1. The number of hydrogen-bond donors (Lipinski definition) is 3. The Morgan fingerprint density at radius 1 is 1.11 bits per heavy atom. The van der Waals surface area contributed by atoms with E-state index in [0.717, 1.165) is 34.0 Å². The topological polar surface area (TPSA) is 160 Å². The first-order valence-electron chi connectivity index (χ1n) is 12.2. The number of aliphatic carboxylic acids is 1. The zero-order valence-corrected chi connectivity index (χ0v) is 21.8. The molecule has 0 radical (unpaired) electrons. The first-order chi connectivity index (χ1) is 18.2. The van der Waals surface area contributed by atoms with Crippen molar-refractivity contribution in [3.8, 4) is 11.5 Å². The van der Waals surface area contributed by atoms with Crippen molar-refractivity contribution in [2.45, 2.75) is 32.2 Å². The summed E-state index contributed by atoms with van der Waals surface area (Å²) in [6, 6.07) is 8.82. The minimum absolute atomic E-state index is 0.110. The highest BCUT2D eigenvalue weighted by molar-refractivity contribution is 7.21. The second-order valence-corrected chi connectivity index (χ2v) is 10.5. The Labute approximate surface area is 222 Å². The van der Waals surface area contributed by atoms with Crippen LogP contribution in [0.5, 0.6) is 11.5 Å². The molecule has 5 rings (SSSR count). The van der Waals surface area contributed by atoms with E-state index in [4.69, 9.17) is 20.9 Å². The highest BCUT2D eigenvalue weighted by atomic mass is 32.1. The van der Waals surface area contributed by atoms with Crippen molar-refractivity contribution in [3.63, 3.8) is 0 Å². The molecule has 1 amide bonds. The third kappa shape index (κ3) is 4.53. The molecule has 1 aliphatic rings. The first-order valence-corrected chi connectivity index (χ1v) is 13.0. The van der Waals surface area contributed by atoms with Crippen LogP contribution in [-0.2, 0) is 17.8 Å². The third-order valence-corrected chi connectivity index (χ3v) is 8.30. The molecule has 1 aliphatic carbocycles. The number of carbonyl (C=O) groups is 3. The van der Waals surface area contributed by atoms with Gasteiger partial charge < -0.3 is 30.6 Å². The number of carboxylic acids is 1. The Balaban J connectivity index is 1.39. The van der Waals surface area contributed by atoms with Crippen molar-refractivity contribution >= 4 is 56.1 Å². The van der Waals surface area contributed by atoms with Crippen LogP contribution in [0.3, 0.4) is 0 Å². The smallest absolute Gasteiger partial charge is 0.307 e. The lowest BCUT2D eigenvalue weighted by Gasteiger charge is -2.09. The number of carbonyl (C=O) groups excluding carboxylic acids is 2. The van der Waals surface area contributed by atoms with Gasteiger partial charge >= 0.3 is 5.97 Å². The zero-order valence-electron chi connectivity index (χ0n) is 21.0. The quantitative estimate of drug-likeness (QED) is 0.192. The Bertz CT molecular complexity index is 1590. The third-order valence-electron chi connectivity index (χ3n) is 7.09.